The second-order valence-electron chi connectivity index (χ2n) is 6.30. The molecule has 3 rings (SSSR count). The van der Waals surface area contributed by atoms with E-state index in [1.807, 2.05) is 6.92 Å². The molecule has 3 aromatic carbocycles. The third-order valence-corrected chi connectivity index (χ3v) is 4.26. The van der Waals surface area contributed by atoms with Crippen molar-refractivity contribution < 1.29 is 27.8 Å². The molecular formula is C23H21F2NO4. The molecule has 0 unspecified atom stereocenters. The average molecular weight is 413 g/mol. The van der Waals surface area contributed by atoms with Crippen molar-refractivity contribution in [2.24, 2.45) is 0 Å². The van der Waals surface area contributed by atoms with Crippen molar-refractivity contribution in [3.05, 3.63) is 83.4 Å². The molecule has 0 atom stereocenters. The summed E-state index contributed by atoms with van der Waals surface area (Å²) in [5.74, 6) is -0.183. The molecule has 1 amide bonds. The lowest BCUT2D eigenvalue weighted by Crippen LogP contribution is -2.14. The maximum Gasteiger partial charge on any atom is 0.255 e. The summed E-state index contributed by atoms with van der Waals surface area (Å²) in [6.45, 7) is 2.46. The molecule has 0 heterocycles. The van der Waals surface area contributed by atoms with Gasteiger partial charge in [0.15, 0.2) is 0 Å². The van der Waals surface area contributed by atoms with Gasteiger partial charge in [0.25, 0.3) is 5.91 Å². The Labute approximate surface area is 173 Å². The Morgan fingerprint density at radius 3 is 2.33 bits per heavy atom. The normalized spacial score (nSPS) is 10.4. The number of methoxy groups -OCH3 is 1. The van der Waals surface area contributed by atoms with E-state index in [9.17, 15) is 13.6 Å². The van der Waals surface area contributed by atoms with Crippen molar-refractivity contribution >= 4 is 11.6 Å². The minimum atomic E-state index is -0.850. The second kappa shape index (κ2) is 9.73. The molecule has 0 saturated carbocycles. The van der Waals surface area contributed by atoms with Crippen LogP contribution in [-0.4, -0.2) is 19.6 Å². The zero-order valence-electron chi connectivity index (χ0n) is 16.6. The van der Waals surface area contributed by atoms with Crippen molar-refractivity contribution in [1.82, 2.24) is 0 Å². The number of anilines is 1. The number of carbonyl (C=O) groups is 1. The lowest BCUT2D eigenvalue weighted by atomic mass is 10.1. The van der Waals surface area contributed by atoms with Crippen molar-refractivity contribution in [1.29, 1.82) is 0 Å². The molecule has 0 spiro atoms. The second-order valence-corrected chi connectivity index (χ2v) is 6.30. The van der Waals surface area contributed by atoms with Gasteiger partial charge in [-0.05, 0) is 61.5 Å². The van der Waals surface area contributed by atoms with E-state index in [0.717, 1.165) is 6.07 Å². The van der Waals surface area contributed by atoms with Crippen LogP contribution in [0.1, 0.15) is 22.8 Å². The molecule has 1 N–H and O–H groups in total. The molecule has 5 nitrogen and oxygen atoms in total. The molecule has 0 radical (unpaired) electrons. The number of amides is 1. The molecule has 0 saturated heterocycles. The first-order valence-corrected chi connectivity index (χ1v) is 9.29. The van der Waals surface area contributed by atoms with Gasteiger partial charge in [0.05, 0.1) is 19.4 Å². The Balaban J connectivity index is 1.77. The van der Waals surface area contributed by atoms with Crippen molar-refractivity contribution in [2.75, 3.05) is 19.0 Å². The van der Waals surface area contributed by atoms with Crippen LogP contribution in [0.25, 0.3) is 0 Å². The number of nitrogens with one attached hydrogen (secondary N) is 1. The summed E-state index contributed by atoms with van der Waals surface area (Å²) < 4.78 is 43.4. The highest BCUT2D eigenvalue weighted by Gasteiger charge is 2.14. The summed E-state index contributed by atoms with van der Waals surface area (Å²) in [4.78, 5) is 12.6. The predicted octanol–water partition coefficient (Wildman–Crippen LogP) is 5.20. The monoisotopic (exact) mass is 413 g/mol. The average Bonchev–Trinajstić information content (AvgIpc) is 2.75. The summed E-state index contributed by atoms with van der Waals surface area (Å²) in [5, 5.41) is 2.44. The van der Waals surface area contributed by atoms with Crippen molar-refractivity contribution in [3.63, 3.8) is 0 Å². The Bertz CT molecular complexity index is 1020. The summed E-state index contributed by atoms with van der Waals surface area (Å²) in [5.41, 5.74) is 0.835. The van der Waals surface area contributed by atoms with Crippen LogP contribution >= 0.6 is 0 Å². The SMILES string of the molecule is CCOc1ccc(C(=O)Nc2ccc(F)cc2F)cc1COc1ccc(OC)cc1. The predicted molar refractivity (Wildman–Crippen MR) is 109 cm³/mol. The standard InChI is InChI=1S/C23H21F2NO4/c1-3-29-22-11-4-15(23(27)26-21-10-5-17(24)13-20(21)25)12-16(22)14-30-19-8-6-18(28-2)7-9-19/h4-13H,3,14H2,1-2H3,(H,26,27). The lowest BCUT2D eigenvalue weighted by Gasteiger charge is -2.14. The maximum absolute atomic E-state index is 13.8. The molecule has 0 aliphatic heterocycles. The molecule has 30 heavy (non-hydrogen) atoms. The third-order valence-electron chi connectivity index (χ3n) is 4.26. The molecule has 0 fully saturated rings. The zero-order chi connectivity index (χ0) is 21.5. The van der Waals surface area contributed by atoms with Gasteiger partial charge in [0, 0.05) is 17.2 Å². The van der Waals surface area contributed by atoms with Gasteiger partial charge >= 0.3 is 0 Å². The largest absolute Gasteiger partial charge is 0.497 e. The molecule has 0 aliphatic carbocycles. The fourth-order valence-corrected chi connectivity index (χ4v) is 2.75. The molecular weight excluding hydrogens is 392 g/mol. The first kappa shape index (κ1) is 21.1. The van der Waals surface area contributed by atoms with E-state index in [2.05, 4.69) is 5.32 Å². The van der Waals surface area contributed by atoms with Gasteiger partial charge in [0.1, 0.15) is 35.5 Å². The number of rotatable bonds is 8. The number of carbonyl (C=O) groups excluding carboxylic acids is 1. The minimum Gasteiger partial charge on any atom is -0.497 e. The van der Waals surface area contributed by atoms with Crippen LogP contribution in [0.15, 0.2) is 60.7 Å². The van der Waals surface area contributed by atoms with E-state index in [1.54, 1.807) is 49.6 Å². The van der Waals surface area contributed by atoms with Crippen LogP contribution in [0.5, 0.6) is 17.2 Å². The van der Waals surface area contributed by atoms with E-state index in [-0.39, 0.29) is 17.9 Å². The molecule has 0 aromatic heterocycles. The Hall–Kier alpha value is -3.61. The van der Waals surface area contributed by atoms with Crippen LogP contribution in [-0.2, 0) is 6.61 Å². The van der Waals surface area contributed by atoms with Crippen molar-refractivity contribution in [2.45, 2.75) is 13.5 Å². The highest BCUT2D eigenvalue weighted by atomic mass is 19.1. The minimum absolute atomic E-state index is 0.105. The lowest BCUT2D eigenvalue weighted by molar-refractivity contribution is 0.102. The van der Waals surface area contributed by atoms with Gasteiger partial charge in [-0.2, -0.15) is 0 Å². The first-order chi connectivity index (χ1) is 14.5. The highest BCUT2D eigenvalue weighted by Crippen LogP contribution is 2.25. The van der Waals surface area contributed by atoms with Gasteiger partial charge in [0.2, 0.25) is 0 Å². The molecule has 0 aliphatic rings. The summed E-state index contributed by atoms with van der Waals surface area (Å²) >= 11 is 0. The van der Waals surface area contributed by atoms with E-state index in [4.69, 9.17) is 14.2 Å². The Morgan fingerprint density at radius 1 is 0.933 bits per heavy atom. The number of benzene rings is 3. The van der Waals surface area contributed by atoms with Crippen LogP contribution in [0.3, 0.4) is 0 Å². The van der Waals surface area contributed by atoms with Crippen LogP contribution in [0, 0.1) is 11.6 Å². The van der Waals surface area contributed by atoms with Gasteiger partial charge < -0.3 is 19.5 Å². The summed E-state index contributed by atoms with van der Waals surface area (Å²) in [7, 11) is 1.58. The van der Waals surface area contributed by atoms with Gasteiger partial charge in [-0.15, -0.1) is 0 Å². The van der Waals surface area contributed by atoms with Crippen LogP contribution in [0.2, 0.25) is 0 Å². The van der Waals surface area contributed by atoms with E-state index in [0.29, 0.717) is 35.5 Å². The Morgan fingerprint density at radius 2 is 1.67 bits per heavy atom. The third kappa shape index (κ3) is 5.26. The van der Waals surface area contributed by atoms with Gasteiger partial charge in [-0.25, -0.2) is 8.78 Å². The van der Waals surface area contributed by atoms with E-state index < -0.39 is 17.5 Å². The fourth-order valence-electron chi connectivity index (χ4n) is 2.75. The quantitative estimate of drug-likeness (QED) is 0.551. The van der Waals surface area contributed by atoms with Gasteiger partial charge in [-0.1, -0.05) is 0 Å². The molecule has 0 bridgehead atoms. The number of hydrogen-bond acceptors (Lipinski definition) is 4. The zero-order valence-corrected chi connectivity index (χ0v) is 16.6. The summed E-state index contributed by atoms with van der Waals surface area (Å²) in [6.07, 6.45) is 0. The fraction of sp³-hybridized carbons (Fsp3) is 0.174. The molecule has 156 valence electrons. The number of hydrogen-bond donors (Lipinski definition) is 1. The number of ether oxygens (including phenoxy) is 3. The number of halogens is 2. The van der Waals surface area contributed by atoms with Gasteiger partial charge in [-0.3, -0.25) is 4.79 Å². The summed E-state index contributed by atoms with van der Waals surface area (Å²) in [6, 6.07) is 14.9. The molecule has 7 heteroatoms. The maximum atomic E-state index is 13.8. The smallest absolute Gasteiger partial charge is 0.255 e. The van der Waals surface area contributed by atoms with Crippen LogP contribution < -0.4 is 19.5 Å². The molecule has 3 aromatic rings. The van der Waals surface area contributed by atoms with Crippen LogP contribution in [0.4, 0.5) is 14.5 Å². The van der Waals surface area contributed by atoms with E-state index >= 15 is 0 Å². The highest BCUT2D eigenvalue weighted by molar-refractivity contribution is 6.04. The Kier molecular flexibility index (Phi) is 6.85. The topological polar surface area (TPSA) is 56.8 Å². The van der Waals surface area contributed by atoms with E-state index in [1.165, 1.54) is 6.07 Å². The van der Waals surface area contributed by atoms with Crippen molar-refractivity contribution in [3.8, 4) is 17.2 Å². The first-order valence-electron chi connectivity index (χ1n) is 9.29.